The number of phenols is 1. The number of hydrogen-bond donors (Lipinski definition) is 1. The van der Waals surface area contributed by atoms with Gasteiger partial charge in [-0.3, -0.25) is 10.0 Å². The van der Waals surface area contributed by atoms with E-state index in [1.165, 1.54) is 17.7 Å². The maximum atomic E-state index is 9.70. The maximum absolute atomic E-state index is 9.70. The van der Waals surface area contributed by atoms with Crippen molar-refractivity contribution in [3.8, 4) is 11.5 Å². The molecule has 0 aliphatic carbocycles. The van der Waals surface area contributed by atoms with E-state index >= 15 is 0 Å². The molecular weight excluding hydrogens is 382 g/mol. The summed E-state index contributed by atoms with van der Waals surface area (Å²) in [6, 6.07) is 5.70. The predicted molar refractivity (Wildman–Crippen MR) is 101 cm³/mol. The monoisotopic (exact) mass is 407 g/mol. The highest BCUT2D eigenvalue weighted by Gasteiger charge is 2.19. The number of ether oxygens (including phenoxy) is 1. The lowest BCUT2D eigenvalue weighted by molar-refractivity contribution is 0.317. The fourth-order valence-corrected chi connectivity index (χ4v) is 5.88. The number of benzene rings is 1. The lowest BCUT2D eigenvalue weighted by Gasteiger charge is -2.37. The molecule has 1 rings (SSSR count). The second kappa shape index (κ2) is 8.42. The molecule has 0 aromatic heterocycles. The SMILES string of the molecule is CCOc1cc(CCCS(C)(C)C(C)[B]I)ccc1O. The van der Waals surface area contributed by atoms with Crippen LogP contribution in [0.1, 0.15) is 25.8 Å². The van der Waals surface area contributed by atoms with Crippen molar-refractivity contribution < 1.29 is 9.84 Å². The summed E-state index contributed by atoms with van der Waals surface area (Å²) in [6.07, 6.45) is 7.06. The first-order valence-electron chi connectivity index (χ1n) is 6.98. The molecule has 1 atom stereocenters. The molecule has 0 bridgehead atoms. The van der Waals surface area contributed by atoms with Crippen molar-refractivity contribution in [2.24, 2.45) is 0 Å². The lowest BCUT2D eigenvalue weighted by Crippen LogP contribution is -2.19. The third kappa shape index (κ3) is 5.39. The molecule has 1 radical (unpaired) electrons. The van der Waals surface area contributed by atoms with Gasteiger partial charge in [0.05, 0.1) is 6.61 Å². The first-order valence-corrected chi connectivity index (χ1v) is 10.9. The zero-order valence-electron chi connectivity index (χ0n) is 12.9. The fraction of sp³-hybridized carbons (Fsp3) is 0.600. The topological polar surface area (TPSA) is 29.5 Å². The number of rotatable bonds is 8. The molecule has 20 heavy (non-hydrogen) atoms. The molecule has 1 N–H and O–H groups in total. The van der Waals surface area contributed by atoms with E-state index in [9.17, 15) is 5.11 Å². The molecule has 5 heteroatoms. The average molecular weight is 407 g/mol. The molecule has 0 aliphatic rings. The third-order valence-electron chi connectivity index (χ3n) is 3.64. The Balaban J connectivity index is 2.56. The number of phenolic OH excluding ortho intramolecular Hbond substituents is 1. The summed E-state index contributed by atoms with van der Waals surface area (Å²) in [4.78, 5) is 0. The van der Waals surface area contributed by atoms with Crippen LogP contribution in [0.25, 0.3) is 0 Å². The Morgan fingerprint density at radius 1 is 1.40 bits per heavy atom. The Bertz CT molecular complexity index is 426. The van der Waals surface area contributed by atoms with Crippen molar-refractivity contribution >= 4 is 37.5 Å². The zero-order valence-corrected chi connectivity index (χ0v) is 15.8. The van der Waals surface area contributed by atoms with Crippen LogP contribution in [0.3, 0.4) is 0 Å². The van der Waals surface area contributed by atoms with E-state index in [1.54, 1.807) is 6.07 Å². The smallest absolute Gasteiger partial charge is 0.212 e. The van der Waals surface area contributed by atoms with Gasteiger partial charge in [0.25, 0.3) is 0 Å². The van der Waals surface area contributed by atoms with E-state index in [0.29, 0.717) is 17.5 Å². The van der Waals surface area contributed by atoms with Gasteiger partial charge >= 0.3 is 0 Å². The minimum atomic E-state index is -0.553. The molecule has 0 saturated heterocycles. The zero-order chi connectivity index (χ0) is 15.2. The van der Waals surface area contributed by atoms with Crippen molar-refractivity contribution in [3.63, 3.8) is 0 Å². The highest BCUT2D eigenvalue weighted by atomic mass is 127. The molecule has 1 aromatic rings. The van der Waals surface area contributed by atoms with Crippen LogP contribution >= 0.6 is 32.4 Å². The molecular formula is C15H25BIO2S. The molecule has 1 aromatic carbocycles. The van der Waals surface area contributed by atoms with Crippen molar-refractivity contribution in [1.29, 1.82) is 0 Å². The molecule has 0 fully saturated rings. The second-order valence-corrected chi connectivity index (χ2v) is 10.6. The molecule has 2 nitrogen and oxygen atoms in total. The van der Waals surface area contributed by atoms with Crippen LogP contribution in [0.2, 0.25) is 0 Å². The first kappa shape index (κ1) is 18.0. The van der Waals surface area contributed by atoms with Crippen molar-refractivity contribution in [3.05, 3.63) is 23.8 Å². The minimum Gasteiger partial charge on any atom is -0.504 e. The van der Waals surface area contributed by atoms with Gasteiger partial charge in [0.1, 0.15) is 0 Å². The highest BCUT2D eigenvalue weighted by molar-refractivity contribution is 14.1. The van der Waals surface area contributed by atoms with Crippen LogP contribution in [0.4, 0.5) is 0 Å². The van der Waals surface area contributed by atoms with Gasteiger partial charge in [-0.1, -0.05) is 13.0 Å². The number of halogens is 1. The van der Waals surface area contributed by atoms with Gasteiger partial charge in [0, 0.05) is 0 Å². The summed E-state index contributed by atoms with van der Waals surface area (Å²) < 4.78 is 5.43. The molecule has 0 amide bonds. The number of hydrogen-bond acceptors (Lipinski definition) is 2. The van der Waals surface area contributed by atoms with Gasteiger partial charge in [0.2, 0.25) is 5.14 Å². The van der Waals surface area contributed by atoms with Gasteiger partial charge in [-0.15, -0.1) is 0 Å². The van der Waals surface area contributed by atoms with Crippen LogP contribution in [0, 0.1) is 0 Å². The quantitative estimate of drug-likeness (QED) is 0.518. The molecule has 113 valence electrons. The molecule has 0 saturated carbocycles. The van der Waals surface area contributed by atoms with Crippen LogP contribution in [0.5, 0.6) is 11.5 Å². The van der Waals surface area contributed by atoms with E-state index in [1.807, 2.05) is 19.1 Å². The molecule has 0 heterocycles. The molecule has 0 spiro atoms. The predicted octanol–water partition coefficient (Wildman–Crippen LogP) is 4.19. The van der Waals surface area contributed by atoms with E-state index < -0.39 is 10.0 Å². The maximum Gasteiger partial charge on any atom is 0.212 e. The van der Waals surface area contributed by atoms with Gasteiger partial charge < -0.3 is 9.84 Å². The number of aryl methyl sites for hydroxylation is 1. The van der Waals surface area contributed by atoms with Gasteiger partial charge in [-0.25, -0.2) is 0 Å². The third-order valence-corrected chi connectivity index (χ3v) is 8.70. The Hall–Kier alpha value is -0.0351. The van der Waals surface area contributed by atoms with Gasteiger partial charge in [0.15, 0.2) is 11.5 Å². The van der Waals surface area contributed by atoms with Crippen LogP contribution in [0.15, 0.2) is 18.2 Å². The Morgan fingerprint density at radius 2 is 2.10 bits per heavy atom. The minimum absolute atomic E-state index is 0.231. The summed E-state index contributed by atoms with van der Waals surface area (Å²) in [5.41, 5.74) is 1.24. The van der Waals surface area contributed by atoms with E-state index in [0.717, 1.165) is 6.42 Å². The first-order chi connectivity index (χ1) is 9.40. The Kier molecular flexibility index (Phi) is 7.58. The Labute approximate surface area is 139 Å². The van der Waals surface area contributed by atoms with E-state index in [4.69, 9.17) is 4.74 Å². The van der Waals surface area contributed by atoms with E-state index in [2.05, 4.69) is 46.9 Å². The van der Waals surface area contributed by atoms with Crippen molar-refractivity contribution in [2.45, 2.75) is 31.8 Å². The van der Waals surface area contributed by atoms with E-state index in [-0.39, 0.29) is 5.75 Å². The lowest BCUT2D eigenvalue weighted by atomic mass is 10.1. The summed E-state index contributed by atoms with van der Waals surface area (Å²) in [7, 11) is -0.553. The fourth-order valence-electron chi connectivity index (χ4n) is 1.96. The summed E-state index contributed by atoms with van der Waals surface area (Å²) in [5.74, 6) is 2.11. The summed E-state index contributed by atoms with van der Waals surface area (Å²) >= 11 is 2.37. The Morgan fingerprint density at radius 3 is 2.70 bits per heavy atom. The normalized spacial score (nSPS) is 13.8. The van der Waals surface area contributed by atoms with Gasteiger partial charge in [-0.05, 0) is 60.9 Å². The molecule has 0 aliphatic heterocycles. The van der Waals surface area contributed by atoms with Crippen molar-refractivity contribution in [2.75, 3.05) is 24.9 Å². The largest absolute Gasteiger partial charge is 0.504 e. The summed E-state index contributed by atoms with van der Waals surface area (Å²) in [5, 5.41) is 12.7. The number of aromatic hydroxyl groups is 1. The summed E-state index contributed by atoms with van der Waals surface area (Å²) in [6.45, 7) is 4.83. The molecule has 1 unspecified atom stereocenters. The van der Waals surface area contributed by atoms with Gasteiger partial charge in [-0.2, -0.15) is 22.4 Å². The standard InChI is InChI=1S/C15H25BIO2S/c1-5-19-15-11-13(8-9-14(15)18)7-6-10-20(3,4)12(2)16-17/h8-9,11-12,18H,5-7,10H2,1-4H3. The highest BCUT2D eigenvalue weighted by Crippen LogP contribution is 2.46. The van der Waals surface area contributed by atoms with Crippen molar-refractivity contribution in [1.82, 2.24) is 0 Å². The second-order valence-electron chi connectivity index (χ2n) is 5.50. The van der Waals surface area contributed by atoms with Crippen LogP contribution in [-0.2, 0) is 6.42 Å². The average Bonchev–Trinajstić information content (AvgIpc) is 2.41. The van der Waals surface area contributed by atoms with Crippen LogP contribution in [-0.4, -0.2) is 40.3 Å². The van der Waals surface area contributed by atoms with Crippen LogP contribution < -0.4 is 4.74 Å².